The predicted molar refractivity (Wildman–Crippen MR) is 71.6 cm³/mol. The number of terminal acetylenes is 1. The summed E-state index contributed by atoms with van der Waals surface area (Å²) in [7, 11) is 0. The van der Waals surface area contributed by atoms with Gasteiger partial charge >= 0.3 is 0 Å². The monoisotopic (exact) mass is 247 g/mol. The molecule has 0 atom stereocenters. The van der Waals surface area contributed by atoms with E-state index in [1.807, 2.05) is 0 Å². The maximum Gasteiger partial charge on any atom is 0.260 e. The van der Waals surface area contributed by atoms with Gasteiger partial charge in [-0.15, -0.1) is 6.42 Å². The zero-order chi connectivity index (χ0) is 13.4. The van der Waals surface area contributed by atoms with Crippen LogP contribution in [-0.2, 0) is 0 Å². The molecule has 3 heteroatoms. The van der Waals surface area contributed by atoms with Crippen LogP contribution in [0.1, 0.15) is 26.3 Å². The molecule has 19 heavy (non-hydrogen) atoms. The maximum absolute atomic E-state index is 11.2. The number of carbonyl (C=O) groups excluding carboxylic acids is 2. The Morgan fingerprint density at radius 3 is 2.00 bits per heavy atom. The average molecular weight is 247 g/mol. The molecule has 0 aromatic heterocycles. The number of hydrogen-bond donors (Lipinski definition) is 1. The van der Waals surface area contributed by atoms with Crippen molar-refractivity contribution in [2.75, 3.05) is 0 Å². The number of hydrogen-bond acceptors (Lipinski definition) is 2. The molecule has 2 aliphatic carbocycles. The Balaban J connectivity index is 0.000000151. The Labute approximate surface area is 110 Å². The van der Waals surface area contributed by atoms with Gasteiger partial charge in [0.15, 0.2) is 0 Å². The Morgan fingerprint density at radius 1 is 0.895 bits per heavy atom. The number of amides is 2. The Hall–Kier alpha value is -2.86. The van der Waals surface area contributed by atoms with E-state index in [-0.39, 0.29) is 5.91 Å². The quantitative estimate of drug-likeness (QED) is 0.489. The lowest BCUT2D eigenvalue weighted by molar-refractivity contribution is 0.0879. The summed E-state index contributed by atoms with van der Waals surface area (Å²) in [5, 5.41) is 2.18. The van der Waals surface area contributed by atoms with Gasteiger partial charge in [-0.3, -0.25) is 14.9 Å². The van der Waals surface area contributed by atoms with Crippen LogP contribution in [0, 0.1) is 12.3 Å². The molecule has 90 valence electrons. The molecule has 1 aliphatic heterocycles. The zero-order valence-corrected chi connectivity index (χ0v) is 9.94. The van der Waals surface area contributed by atoms with Crippen LogP contribution in [0.25, 0.3) is 11.1 Å². The number of nitrogens with one attached hydrogen (secondary N) is 1. The third kappa shape index (κ3) is 1.71. The Kier molecular flexibility index (Phi) is 2.43. The highest BCUT2D eigenvalue weighted by Gasteiger charge is 2.28. The first-order chi connectivity index (χ1) is 9.20. The molecule has 0 spiro atoms. The van der Waals surface area contributed by atoms with Gasteiger partial charge in [-0.05, 0) is 23.3 Å². The Bertz CT molecular complexity index is 715. The van der Waals surface area contributed by atoms with Gasteiger partial charge in [-0.1, -0.05) is 36.3 Å². The van der Waals surface area contributed by atoms with E-state index in [4.69, 9.17) is 6.42 Å². The fourth-order valence-electron chi connectivity index (χ4n) is 2.00. The second kappa shape index (κ2) is 4.11. The molecular formula is C16H9NO2. The highest BCUT2D eigenvalue weighted by atomic mass is 16.2. The summed E-state index contributed by atoms with van der Waals surface area (Å²) < 4.78 is 0. The lowest BCUT2D eigenvalue weighted by Gasteiger charge is -2.10. The maximum atomic E-state index is 11.2. The smallest absolute Gasteiger partial charge is 0.260 e. The lowest BCUT2D eigenvalue weighted by Crippen LogP contribution is -2.20. The molecule has 1 N–H and O–H groups in total. The van der Waals surface area contributed by atoms with E-state index in [0.717, 1.165) is 0 Å². The summed E-state index contributed by atoms with van der Waals surface area (Å²) in [6, 6.07) is 13.4. The third-order valence-corrected chi connectivity index (χ3v) is 3.14. The normalized spacial score (nSPS) is 12.8. The molecule has 1 aromatic carbocycles. The third-order valence-electron chi connectivity index (χ3n) is 3.14. The van der Waals surface area contributed by atoms with Crippen molar-refractivity contribution >= 4 is 11.8 Å². The van der Waals surface area contributed by atoms with E-state index in [1.54, 1.807) is 18.2 Å². The second-order valence-corrected chi connectivity index (χ2v) is 4.23. The van der Waals surface area contributed by atoms with Gasteiger partial charge in [-0.25, -0.2) is 0 Å². The molecule has 0 saturated heterocycles. The Morgan fingerprint density at radius 2 is 1.53 bits per heavy atom. The molecule has 0 saturated carbocycles. The van der Waals surface area contributed by atoms with Crippen LogP contribution in [0.4, 0.5) is 0 Å². The van der Waals surface area contributed by atoms with Gasteiger partial charge in [0.25, 0.3) is 11.8 Å². The number of imide groups is 1. The summed E-state index contributed by atoms with van der Waals surface area (Å²) >= 11 is 0. The average Bonchev–Trinajstić information content (AvgIpc) is 2.70. The molecule has 0 unspecified atom stereocenters. The van der Waals surface area contributed by atoms with Crippen LogP contribution < -0.4 is 5.32 Å². The molecule has 0 bridgehead atoms. The van der Waals surface area contributed by atoms with Crippen LogP contribution in [0.3, 0.4) is 0 Å². The molecule has 1 heterocycles. The molecule has 0 fully saturated rings. The van der Waals surface area contributed by atoms with Crippen LogP contribution in [0.2, 0.25) is 0 Å². The molecular weight excluding hydrogens is 238 g/mol. The number of carbonyl (C=O) groups is 2. The molecule has 3 aliphatic rings. The van der Waals surface area contributed by atoms with Crippen LogP contribution >= 0.6 is 0 Å². The first-order valence-corrected chi connectivity index (χ1v) is 5.76. The van der Waals surface area contributed by atoms with Crippen molar-refractivity contribution in [3.8, 4) is 23.5 Å². The SMILES string of the molecule is C#Cc1cccc2c1C(=O)NC2=O.c1cc2ccc1-2. The molecule has 4 rings (SSSR count). The van der Waals surface area contributed by atoms with Crippen molar-refractivity contribution in [1.29, 1.82) is 0 Å². The van der Waals surface area contributed by atoms with Crippen LogP contribution in [0.5, 0.6) is 0 Å². The van der Waals surface area contributed by atoms with Crippen molar-refractivity contribution < 1.29 is 9.59 Å². The van der Waals surface area contributed by atoms with Crippen molar-refractivity contribution in [2.24, 2.45) is 0 Å². The van der Waals surface area contributed by atoms with Crippen molar-refractivity contribution in [3.63, 3.8) is 0 Å². The van der Waals surface area contributed by atoms with Crippen molar-refractivity contribution in [1.82, 2.24) is 5.32 Å². The van der Waals surface area contributed by atoms with Crippen molar-refractivity contribution in [3.05, 3.63) is 59.2 Å². The van der Waals surface area contributed by atoms with Crippen LogP contribution in [-0.4, -0.2) is 11.8 Å². The van der Waals surface area contributed by atoms with E-state index >= 15 is 0 Å². The molecule has 2 amide bonds. The summed E-state index contributed by atoms with van der Waals surface area (Å²) in [5.74, 6) is 1.58. The van der Waals surface area contributed by atoms with E-state index in [0.29, 0.717) is 16.7 Å². The predicted octanol–water partition coefficient (Wildman–Crippen LogP) is 2.22. The van der Waals surface area contributed by atoms with E-state index < -0.39 is 5.91 Å². The first-order valence-electron chi connectivity index (χ1n) is 5.76. The van der Waals surface area contributed by atoms with Crippen molar-refractivity contribution in [2.45, 2.75) is 0 Å². The zero-order valence-electron chi connectivity index (χ0n) is 9.94. The number of rotatable bonds is 0. The lowest BCUT2D eigenvalue weighted by atomic mass is 9.95. The van der Waals surface area contributed by atoms with Gasteiger partial charge in [0.1, 0.15) is 0 Å². The first kappa shape index (κ1) is 11.2. The number of fused-ring (bicyclic) bond motifs is 2. The van der Waals surface area contributed by atoms with Gasteiger partial charge in [-0.2, -0.15) is 0 Å². The van der Waals surface area contributed by atoms with E-state index in [1.165, 1.54) is 11.1 Å². The summed E-state index contributed by atoms with van der Waals surface area (Å²) in [5.41, 5.74) is 3.99. The standard InChI is InChI=1S/C10H5NO2.C6H4/c1-2-6-4-3-5-7-8(6)10(13)11-9(7)12;1-2-6-4-3-5(1)6/h1,3-5H,(H,11,12,13);1-4H. The summed E-state index contributed by atoms with van der Waals surface area (Å²) in [4.78, 5) is 22.4. The minimum Gasteiger partial charge on any atom is -0.288 e. The van der Waals surface area contributed by atoms with Gasteiger partial charge in [0.2, 0.25) is 0 Å². The van der Waals surface area contributed by atoms with E-state index in [2.05, 4.69) is 35.5 Å². The second-order valence-electron chi connectivity index (χ2n) is 4.23. The molecule has 0 radical (unpaired) electrons. The minimum atomic E-state index is -0.409. The fourth-order valence-corrected chi connectivity index (χ4v) is 2.00. The highest BCUT2D eigenvalue weighted by molar-refractivity contribution is 6.22. The largest absolute Gasteiger partial charge is 0.288 e. The molecule has 1 aromatic rings. The summed E-state index contributed by atoms with van der Waals surface area (Å²) in [6.45, 7) is 0. The molecule has 3 nitrogen and oxygen atoms in total. The van der Waals surface area contributed by atoms with Gasteiger partial charge in [0, 0.05) is 5.56 Å². The van der Waals surface area contributed by atoms with Gasteiger partial charge in [0.05, 0.1) is 11.1 Å². The fraction of sp³-hybridized carbons (Fsp3) is 0. The summed E-state index contributed by atoms with van der Waals surface area (Å²) in [6.07, 6.45) is 5.19. The number of benzene rings is 2. The van der Waals surface area contributed by atoms with E-state index in [9.17, 15) is 9.59 Å². The van der Waals surface area contributed by atoms with Gasteiger partial charge < -0.3 is 0 Å². The minimum absolute atomic E-state index is 0.315. The van der Waals surface area contributed by atoms with Crippen LogP contribution in [0.15, 0.2) is 42.5 Å². The highest BCUT2D eigenvalue weighted by Crippen LogP contribution is 2.29. The topological polar surface area (TPSA) is 46.2 Å².